The highest BCUT2D eigenvalue weighted by molar-refractivity contribution is 5.85. The Labute approximate surface area is 116 Å². The van der Waals surface area contributed by atoms with Gasteiger partial charge in [-0.15, -0.1) is 0 Å². The summed E-state index contributed by atoms with van der Waals surface area (Å²) in [5, 5.41) is 1.38. The van der Waals surface area contributed by atoms with E-state index in [-0.39, 0.29) is 5.41 Å². The fourth-order valence-corrected chi connectivity index (χ4v) is 2.42. The van der Waals surface area contributed by atoms with E-state index in [0.29, 0.717) is 0 Å². The molecule has 1 heterocycles. The number of aryl methyl sites for hydroxylation is 1. The minimum atomic E-state index is 0.202. The van der Waals surface area contributed by atoms with E-state index in [2.05, 4.69) is 70.8 Å². The maximum atomic E-state index is 3.50. The summed E-state index contributed by atoms with van der Waals surface area (Å²) in [6.07, 6.45) is 3.32. The Balaban J connectivity index is 2.56. The largest absolute Gasteiger partial charge is 0.358 e. The van der Waals surface area contributed by atoms with E-state index in [9.17, 15) is 0 Å². The molecule has 0 atom stereocenters. The Morgan fingerprint density at radius 3 is 2.47 bits per heavy atom. The van der Waals surface area contributed by atoms with Crippen LogP contribution in [0.25, 0.3) is 10.9 Å². The molecular formula is C18H25N. The summed E-state index contributed by atoms with van der Waals surface area (Å²) in [6, 6.07) is 6.81. The van der Waals surface area contributed by atoms with Gasteiger partial charge in [0.15, 0.2) is 0 Å². The second-order valence-electron chi connectivity index (χ2n) is 6.72. The summed E-state index contributed by atoms with van der Waals surface area (Å²) in [6.45, 7) is 13.3. The standard InChI is InChI=1S/C18H25N/c1-12(2)7-9-15-13(3)19-17-10-8-14(11-16(15)17)18(4,5)6/h7-8,10-11,19H,9H2,1-6H3. The van der Waals surface area contributed by atoms with Gasteiger partial charge in [-0.3, -0.25) is 0 Å². The van der Waals surface area contributed by atoms with Gasteiger partial charge in [0.25, 0.3) is 0 Å². The van der Waals surface area contributed by atoms with Crippen molar-refractivity contribution in [3.63, 3.8) is 0 Å². The van der Waals surface area contributed by atoms with E-state index in [1.807, 2.05) is 0 Å². The predicted molar refractivity (Wildman–Crippen MR) is 84.9 cm³/mol. The molecule has 0 radical (unpaired) electrons. The van der Waals surface area contributed by atoms with Crippen LogP contribution in [0, 0.1) is 6.92 Å². The third kappa shape index (κ3) is 2.91. The van der Waals surface area contributed by atoms with Gasteiger partial charge in [-0.1, -0.05) is 38.5 Å². The number of H-pyrrole nitrogens is 1. The fourth-order valence-electron chi connectivity index (χ4n) is 2.42. The molecule has 1 aromatic heterocycles. The first kappa shape index (κ1) is 13.9. The molecule has 19 heavy (non-hydrogen) atoms. The number of aromatic amines is 1. The number of rotatable bonds is 2. The van der Waals surface area contributed by atoms with Crippen molar-refractivity contribution in [1.29, 1.82) is 0 Å². The Bertz CT molecular complexity index is 617. The van der Waals surface area contributed by atoms with Crippen molar-refractivity contribution in [3.8, 4) is 0 Å². The summed E-state index contributed by atoms with van der Waals surface area (Å²) in [4.78, 5) is 3.50. The van der Waals surface area contributed by atoms with Crippen LogP contribution in [-0.4, -0.2) is 4.98 Å². The molecule has 0 amide bonds. The van der Waals surface area contributed by atoms with Crippen LogP contribution in [0.5, 0.6) is 0 Å². The number of hydrogen-bond donors (Lipinski definition) is 1. The lowest BCUT2D eigenvalue weighted by molar-refractivity contribution is 0.591. The molecule has 2 aromatic rings. The van der Waals surface area contributed by atoms with Crippen LogP contribution in [0.1, 0.15) is 51.4 Å². The molecular weight excluding hydrogens is 230 g/mol. The molecule has 1 N–H and O–H groups in total. The van der Waals surface area contributed by atoms with Gasteiger partial charge in [0, 0.05) is 16.6 Å². The molecule has 0 aliphatic carbocycles. The summed E-state index contributed by atoms with van der Waals surface area (Å²) in [5.41, 5.74) is 6.95. The molecule has 1 aromatic carbocycles. The van der Waals surface area contributed by atoms with Gasteiger partial charge in [-0.05, 0) is 55.9 Å². The Kier molecular flexibility index (Phi) is 3.58. The second kappa shape index (κ2) is 4.88. The Morgan fingerprint density at radius 2 is 1.89 bits per heavy atom. The van der Waals surface area contributed by atoms with Crippen molar-refractivity contribution in [3.05, 3.63) is 46.7 Å². The minimum absolute atomic E-state index is 0.202. The Hall–Kier alpha value is -1.50. The number of aromatic nitrogens is 1. The third-order valence-electron chi connectivity index (χ3n) is 3.70. The van der Waals surface area contributed by atoms with E-state index in [1.165, 1.54) is 33.3 Å². The zero-order chi connectivity index (χ0) is 14.2. The lowest BCUT2D eigenvalue weighted by Gasteiger charge is -2.19. The molecule has 0 aliphatic heterocycles. The zero-order valence-corrected chi connectivity index (χ0v) is 13.0. The average molecular weight is 255 g/mol. The summed E-state index contributed by atoms with van der Waals surface area (Å²) in [5.74, 6) is 0. The van der Waals surface area contributed by atoms with Crippen molar-refractivity contribution in [2.75, 3.05) is 0 Å². The van der Waals surface area contributed by atoms with Crippen LogP contribution in [0.4, 0.5) is 0 Å². The van der Waals surface area contributed by atoms with Crippen molar-refractivity contribution < 1.29 is 0 Å². The first-order valence-corrected chi connectivity index (χ1v) is 7.04. The number of nitrogens with one attached hydrogen (secondary N) is 1. The van der Waals surface area contributed by atoms with Crippen molar-refractivity contribution >= 4 is 10.9 Å². The molecule has 1 heteroatoms. The average Bonchev–Trinajstić information content (AvgIpc) is 2.59. The highest BCUT2D eigenvalue weighted by atomic mass is 14.7. The lowest BCUT2D eigenvalue weighted by atomic mass is 9.86. The number of allylic oxidation sites excluding steroid dienone is 2. The van der Waals surface area contributed by atoms with Gasteiger partial charge in [0.1, 0.15) is 0 Å². The molecule has 0 spiro atoms. The molecule has 0 unspecified atom stereocenters. The van der Waals surface area contributed by atoms with Gasteiger partial charge < -0.3 is 4.98 Å². The van der Waals surface area contributed by atoms with Crippen molar-refractivity contribution in [2.45, 2.75) is 53.4 Å². The lowest BCUT2D eigenvalue weighted by Crippen LogP contribution is -2.10. The summed E-state index contributed by atoms with van der Waals surface area (Å²) >= 11 is 0. The molecule has 2 rings (SSSR count). The highest BCUT2D eigenvalue weighted by Gasteiger charge is 2.16. The smallest absolute Gasteiger partial charge is 0.0459 e. The van der Waals surface area contributed by atoms with Gasteiger partial charge in [0.2, 0.25) is 0 Å². The van der Waals surface area contributed by atoms with Gasteiger partial charge in [-0.2, -0.15) is 0 Å². The fraction of sp³-hybridized carbons (Fsp3) is 0.444. The molecule has 0 fully saturated rings. The van der Waals surface area contributed by atoms with Crippen LogP contribution >= 0.6 is 0 Å². The minimum Gasteiger partial charge on any atom is -0.358 e. The maximum Gasteiger partial charge on any atom is 0.0459 e. The van der Waals surface area contributed by atoms with Crippen molar-refractivity contribution in [2.24, 2.45) is 0 Å². The number of benzene rings is 1. The van der Waals surface area contributed by atoms with E-state index >= 15 is 0 Å². The summed E-state index contributed by atoms with van der Waals surface area (Å²) in [7, 11) is 0. The number of fused-ring (bicyclic) bond motifs is 1. The Morgan fingerprint density at radius 1 is 1.21 bits per heavy atom. The molecule has 1 nitrogen and oxygen atoms in total. The monoisotopic (exact) mass is 255 g/mol. The first-order valence-electron chi connectivity index (χ1n) is 7.04. The SMILES string of the molecule is CC(C)=CCc1c(C)[nH]c2ccc(C(C)(C)C)cc12. The van der Waals surface area contributed by atoms with Gasteiger partial charge >= 0.3 is 0 Å². The van der Waals surface area contributed by atoms with E-state index < -0.39 is 0 Å². The molecule has 102 valence electrons. The molecule has 0 saturated heterocycles. The quantitative estimate of drug-likeness (QED) is 0.702. The van der Waals surface area contributed by atoms with Gasteiger partial charge in [-0.25, -0.2) is 0 Å². The summed E-state index contributed by atoms with van der Waals surface area (Å²) < 4.78 is 0. The van der Waals surface area contributed by atoms with Crippen LogP contribution in [0.15, 0.2) is 29.8 Å². The van der Waals surface area contributed by atoms with E-state index in [0.717, 1.165) is 6.42 Å². The van der Waals surface area contributed by atoms with Crippen LogP contribution < -0.4 is 0 Å². The maximum absolute atomic E-state index is 3.50. The number of hydrogen-bond acceptors (Lipinski definition) is 0. The second-order valence-corrected chi connectivity index (χ2v) is 6.72. The zero-order valence-electron chi connectivity index (χ0n) is 13.0. The third-order valence-corrected chi connectivity index (χ3v) is 3.70. The normalized spacial score (nSPS) is 11.9. The van der Waals surface area contributed by atoms with Crippen molar-refractivity contribution in [1.82, 2.24) is 4.98 Å². The van der Waals surface area contributed by atoms with Crippen LogP contribution in [-0.2, 0) is 11.8 Å². The van der Waals surface area contributed by atoms with Crippen LogP contribution in [0.2, 0.25) is 0 Å². The van der Waals surface area contributed by atoms with Crippen LogP contribution in [0.3, 0.4) is 0 Å². The van der Waals surface area contributed by atoms with E-state index in [1.54, 1.807) is 0 Å². The first-order chi connectivity index (χ1) is 8.79. The topological polar surface area (TPSA) is 15.8 Å². The highest BCUT2D eigenvalue weighted by Crippen LogP contribution is 2.29. The molecule has 0 aliphatic rings. The van der Waals surface area contributed by atoms with Gasteiger partial charge in [0.05, 0.1) is 0 Å². The molecule has 0 bridgehead atoms. The predicted octanol–water partition coefficient (Wildman–Crippen LogP) is 5.28. The van der Waals surface area contributed by atoms with E-state index in [4.69, 9.17) is 0 Å². The molecule has 0 saturated carbocycles.